The third-order valence-corrected chi connectivity index (χ3v) is 5.33. The third-order valence-electron chi connectivity index (χ3n) is 5.33. The first-order valence-corrected chi connectivity index (χ1v) is 10.5. The Morgan fingerprint density at radius 1 is 1.32 bits per heavy atom. The average Bonchev–Trinajstić information content (AvgIpc) is 3.23. The Labute approximate surface area is 182 Å². The first kappa shape index (κ1) is 23.1. The van der Waals surface area contributed by atoms with Crippen molar-refractivity contribution in [3.8, 4) is 0 Å². The van der Waals surface area contributed by atoms with Gasteiger partial charge in [0.1, 0.15) is 11.6 Å². The largest absolute Gasteiger partial charge is 0.444 e. The molecule has 4 amide bonds. The molecule has 0 aromatic heterocycles. The van der Waals surface area contributed by atoms with E-state index in [1.807, 2.05) is 33.8 Å². The number of urea groups is 1. The van der Waals surface area contributed by atoms with Crippen LogP contribution in [0.15, 0.2) is 24.3 Å². The van der Waals surface area contributed by atoms with E-state index in [1.165, 1.54) is 9.96 Å². The summed E-state index contributed by atoms with van der Waals surface area (Å²) in [6, 6.07) is -1.33. The SMILES string of the molecule is C=CCON1C(=O)N2C[C@H]1C=C(C)[C@H]2C(=O)NOC[C@@H]1CCN(C(=O)OC(C)(C)C)C1. The molecule has 2 fully saturated rings. The van der Waals surface area contributed by atoms with E-state index in [0.29, 0.717) is 19.6 Å². The molecule has 0 spiro atoms. The van der Waals surface area contributed by atoms with Crippen LogP contribution in [0.4, 0.5) is 9.59 Å². The van der Waals surface area contributed by atoms with Crippen molar-refractivity contribution in [2.75, 3.05) is 32.8 Å². The van der Waals surface area contributed by atoms with E-state index in [2.05, 4.69) is 12.1 Å². The molecule has 0 unspecified atom stereocenters. The van der Waals surface area contributed by atoms with Gasteiger partial charge < -0.3 is 14.5 Å². The number of hydrogen-bond acceptors (Lipinski definition) is 6. The van der Waals surface area contributed by atoms with Crippen molar-refractivity contribution in [2.45, 2.75) is 51.8 Å². The summed E-state index contributed by atoms with van der Waals surface area (Å²) in [5.41, 5.74) is 2.69. The van der Waals surface area contributed by atoms with E-state index >= 15 is 0 Å². The predicted molar refractivity (Wildman–Crippen MR) is 111 cm³/mol. The highest BCUT2D eigenvalue weighted by atomic mass is 16.7. The lowest BCUT2D eigenvalue weighted by atomic mass is 10.0. The van der Waals surface area contributed by atoms with Crippen molar-refractivity contribution in [1.29, 1.82) is 0 Å². The number of fused-ring (bicyclic) bond motifs is 2. The number of carbonyl (C=O) groups excluding carboxylic acids is 3. The second-order valence-electron chi connectivity index (χ2n) is 9.08. The van der Waals surface area contributed by atoms with E-state index < -0.39 is 17.6 Å². The molecule has 0 saturated carbocycles. The molecule has 1 N–H and O–H groups in total. The van der Waals surface area contributed by atoms with Gasteiger partial charge in [0, 0.05) is 19.0 Å². The lowest BCUT2D eigenvalue weighted by Gasteiger charge is -2.29. The highest BCUT2D eigenvalue weighted by Gasteiger charge is 2.47. The van der Waals surface area contributed by atoms with Crippen LogP contribution in [-0.2, 0) is 19.2 Å². The fourth-order valence-corrected chi connectivity index (χ4v) is 3.98. The number of likely N-dealkylation sites (tertiary alicyclic amines) is 1. The average molecular weight is 437 g/mol. The van der Waals surface area contributed by atoms with E-state index in [1.54, 1.807) is 11.0 Å². The molecule has 2 bridgehead atoms. The van der Waals surface area contributed by atoms with Crippen LogP contribution in [0.5, 0.6) is 0 Å². The van der Waals surface area contributed by atoms with Gasteiger partial charge in [-0.3, -0.25) is 14.5 Å². The van der Waals surface area contributed by atoms with Gasteiger partial charge in [0.15, 0.2) is 0 Å². The maximum absolute atomic E-state index is 12.7. The Balaban J connectivity index is 1.47. The standard InChI is InChI=1S/C21H32N4O6/c1-6-9-30-25-16-10-14(2)17(24(12-16)19(25)27)18(26)22-29-13-15-7-8-23(11-15)20(28)31-21(3,4)5/h6,10,15-17H,1,7-9,11-13H2,2-5H3,(H,22,26)/t15-,16-,17+/m1/s1. The van der Waals surface area contributed by atoms with Crippen LogP contribution in [0, 0.1) is 5.92 Å². The summed E-state index contributed by atoms with van der Waals surface area (Å²) < 4.78 is 5.39. The molecule has 31 heavy (non-hydrogen) atoms. The van der Waals surface area contributed by atoms with Crippen molar-refractivity contribution >= 4 is 18.0 Å². The molecular weight excluding hydrogens is 404 g/mol. The number of rotatable bonds is 7. The normalized spacial score (nSPS) is 25.5. The zero-order valence-corrected chi connectivity index (χ0v) is 18.6. The number of hydroxylamine groups is 3. The Kier molecular flexibility index (Phi) is 6.90. The van der Waals surface area contributed by atoms with E-state index in [9.17, 15) is 14.4 Å². The van der Waals surface area contributed by atoms with Gasteiger partial charge in [0.05, 0.1) is 25.8 Å². The first-order chi connectivity index (χ1) is 14.6. The molecule has 0 aromatic rings. The van der Waals surface area contributed by atoms with Crippen molar-refractivity contribution < 1.29 is 28.8 Å². The van der Waals surface area contributed by atoms with Gasteiger partial charge in [-0.05, 0) is 39.7 Å². The lowest BCUT2D eigenvalue weighted by molar-refractivity contribution is -0.138. The molecule has 10 nitrogen and oxygen atoms in total. The molecule has 0 radical (unpaired) electrons. The molecule has 3 rings (SSSR count). The molecule has 0 aromatic carbocycles. The van der Waals surface area contributed by atoms with Crippen molar-refractivity contribution in [2.24, 2.45) is 5.92 Å². The van der Waals surface area contributed by atoms with Gasteiger partial charge >= 0.3 is 12.1 Å². The van der Waals surface area contributed by atoms with Crippen LogP contribution in [-0.4, -0.2) is 83.4 Å². The van der Waals surface area contributed by atoms with Crippen LogP contribution in [0.2, 0.25) is 0 Å². The fourth-order valence-electron chi connectivity index (χ4n) is 3.98. The maximum Gasteiger partial charge on any atom is 0.410 e. The number of amides is 4. The van der Waals surface area contributed by atoms with Crippen LogP contribution >= 0.6 is 0 Å². The summed E-state index contributed by atoms with van der Waals surface area (Å²) in [4.78, 5) is 51.5. The van der Waals surface area contributed by atoms with Gasteiger partial charge in [0.25, 0.3) is 5.91 Å². The Bertz CT molecular complexity index is 761. The molecule has 172 valence electrons. The highest BCUT2D eigenvalue weighted by Crippen LogP contribution is 2.29. The summed E-state index contributed by atoms with van der Waals surface area (Å²) >= 11 is 0. The number of carbonyl (C=O) groups is 3. The predicted octanol–water partition coefficient (Wildman–Crippen LogP) is 1.84. The first-order valence-electron chi connectivity index (χ1n) is 10.5. The van der Waals surface area contributed by atoms with E-state index in [4.69, 9.17) is 14.4 Å². The molecule has 3 aliphatic heterocycles. The summed E-state index contributed by atoms with van der Waals surface area (Å²) in [5, 5.41) is 1.28. The number of ether oxygens (including phenoxy) is 1. The minimum atomic E-state index is -0.747. The van der Waals surface area contributed by atoms with Gasteiger partial charge in [-0.1, -0.05) is 12.2 Å². The zero-order chi connectivity index (χ0) is 22.8. The summed E-state index contributed by atoms with van der Waals surface area (Å²) in [7, 11) is 0. The van der Waals surface area contributed by atoms with Gasteiger partial charge in [0.2, 0.25) is 0 Å². The summed E-state index contributed by atoms with van der Waals surface area (Å²) in [6.07, 6.45) is 3.85. The van der Waals surface area contributed by atoms with Crippen molar-refractivity contribution in [1.82, 2.24) is 20.3 Å². The third kappa shape index (κ3) is 5.37. The summed E-state index contributed by atoms with van der Waals surface area (Å²) in [5.74, 6) is -0.315. The second kappa shape index (κ2) is 9.27. The van der Waals surface area contributed by atoms with Crippen molar-refractivity contribution in [3.05, 3.63) is 24.3 Å². The Morgan fingerprint density at radius 2 is 2.06 bits per heavy atom. The van der Waals surface area contributed by atoms with E-state index in [0.717, 1.165) is 12.0 Å². The molecule has 3 aliphatic rings. The lowest BCUT2D eigenvalue weighted by Crippen LogP contribution is -2.50. The van der Waals surface area contributed by atoms with Gasteiger partial charge in [-0.25, -0.2) is 15.1 Å². The molecule has 0 aliphatic carbocycles. The Morgan fingerprint density at radius 3 is 2.74 bits per heavy atom. The van der Waals surface area contributed by atoms with Crippen LogP contribution in [0.3, 0.4) is 0 Å². The topological polar surface area (TPSA) is 101 Å². The Hall–Kier alpha value is -2.59. The zero-order valence-electron chi connectivity index (χ0n) is 18.6. The smallest absolute Gasteiger partial charge is 0.410 e. The van der Waals surface area contributed by atoms with Gasteiger partial charge in [-0.2, -0.15) is 5.06 Å². The molecular formula is C21H32N4O6. The minimum Gasteiger partial charge on any atom is -0.444 e. The van der Waals surface area contributed by atoms with Crippen molar-refractivity contribution in [3.63, 3.8) is 0 Å². The number of hydrogen-bond donors (Lipinski definition) is 1. The molecule has 3 atom stereocenters. The highest BCUT2D eigenvalue weighted by molar-refractivity contribution is 5.91. The van der Waals surface area contributed by atoms with Gasteiger partial charge in [-0.15, -0.1) is 6.58 Å². The molecule has 3 heterocycles. The second-order valence-corrected chi connectivity index (χ2v) is 9.08. The minimum absolute atomic E-state index is 0.0939. The van der Waals surface area contributed by atoms with E-state index in [-0.39, 0.29) is 37.3 Å². The molecule has 10 heteroatoms. The fraction of sp³-hybridized carbons (Fsp3) is 0.667. The summed E-state index contributed by atoms with van der Waals surface area (Å²) in [6.45, 7) is 12.8. The number of nitrogens with one attached hydrogen (secondary N) is 1. The van der Waals surface area contributed by atoms with Crippen LogP contribution in [0.25, 0.3) is 0 Å². The quantitative estimate of drug-likeness (QED) is 0.483. The van der Waals surface area contributed by atoms with Crippen LogP contribution < -0.4 is 5.48 Å². The maximum atomic E-state index is 12.7. The van der Waals surface area contributed by atoms with Crippen LogP contribution in [0.1, 0.15) is 34.1 Å². The number of nitrogens with zero attached hydrogens (tertiary/aromatic N) is 3. The molecule has 2 saturated heterocycles. The monoisotopic (exact) mass is 436 g/mol.